The van der Waals surface area contributed by atoms with E-state index in [1.54, 1.807) is 0 Å². The van der Waals surface area contributed by atoms with Crippen LogP contribution in [0.4, 0.5) is 0 Å². The Labute approximate surface area is 56.2 Å². The number of esters is 1. The minimum atomic E-state index is -0.454. The average Bonchev–Trinajstić information content (AvgIpc) is 1.59. The normalized spacial score (nSPS) is 11.1. The predicted molar refractivity (Wildman–Crippen MR) is 35.8 cm³/mol. The molecule has 0 aliphatic heterocycles. The maximum atomic E-state index is 10.2. The van der Waals surface area contributed by atoms with Crippen molar-refractivity contribution in [2.24, 2.45) is 5.41 Å². The zero-order chi connectivity index (χ0) is 7.49. The maximum absolute atomic E-state index is 10.2. The third kappa shape index (κ3) is 7.47. The lowest BCUT2D eigenvalue weighted by Crippen LogP contribution is -2.16. The molecule has 0 unspecified atom stereocenters. The van der Waals surface area contributed by atoms with Crippen LogP contribution in [-0.4, -0.2) is 12.6 Å². The molecule has 0 bridgehead atoms. The fourth-order valence-electron chi connectivity index (χ4n) is 0.297. The van der Waals surface area contributed by atoms with Gasteiger partial charge in [0.25, 0.3) is 0 Å². The summed E-state index contributed by atoms with van der Waals surface area (Å²) in [5, 5.41) is 0. The Morgan fingerprint density at radius 2 is 2.00 bits per heavy atom. The van der Waals surface area contributed by atoms with Gasteiger partial charge in [-0.2, -0.15) is 0 Å². The summed E-state index contributed by atoms with van der Waals surface area (Å²) in [5.74, 6) is -0.454. The van der Waals surface area contributed by atoms with Crippen LogP contribution in [0.1, 0.15) is 20.8 Å². The van der Waals surface area contributed by atoms with Crippen LogP contribution < -0.4 is 0 Å². The third-order valence-electron chi connectivity index (χ3n) is 0.666. The average molecular weight is 129 g/mol. The molecule has 0 N–H and O–H groups in total. The van der Waals surface area contributed by atoms with Gasteiger partial charge < -0.3 is 4.74 Å². The first kappa shape index (κ1) is 8.47. The number of carbonyl (C=O) groups excluding carboxylic acids is 1. The summed E-state index contributed by atoms with van der Waals surface area (Å²) >= 11 is 0. The molecule has 0 aliphatic carbocycles. The van der Waals surface area contributed by atoms with Gasteiger partial charge in [0.15, 0.2) is 0 Å². The quantitative estimate of drug-likeness (QED) is 0.500. The van der Waals surface area contributed by atoms with E-state index in [2.05, 4.69) is 11.7 Å². The van der Waals surface area contributed by atoms with Crippen LogP contribution in [-0.2, 0) is 9.53 Å². The van der Waals surface area contributed by atoms with Crippen molar-refractivity contribution < 1.29 is 9.53 Å². The van der Waals surface area contributed by atoms with Crippen LogP contribution in [0.25, 0.3) is 0 Å². The van der Waals surface area contributed by atoms with Gasteiger partial charge >= 0.3 is 5.97 Å². The van der Waals surface area contributed by atoms with E-state index in [1.807, 2.05) is 20.8 Å². The van der Waals surface area contributed by atoms with Crippen LogP contribution in [0.5, 0.6) is 0 Å². The van der Waals surface area contributed by atoms with E-state index in [0.717, 1.165) is 0 Å². The molecule has 0 fully saturated rings. The number of ether oxygens (including phenoxy) is 1. The molecule has 0 aromatic heterocycles. The summed E-state index contributed by atoms with van der Waals surface area (Å²) in [6.45, 7) is 9.51. The first-order chi connectivity index (χ1) is 3.92. The largest absolute Gasteiger partial charge is 0.465 e. The lowest BCUT2D eigenvalue weighted by molar-refractivity contribution is -0.140. The Balaban J connectivity index is 3.39. The van der Waals surface area contributed by atoms with Gasteiger partial charge in [-0.05, 0) is 5.41 Å². The van der Waals surface area contributed by atoms with Crippen LogP contribution in [0.3, 0.4) is 0 Å². The molecule has 0 saturated carbocycles. The summed E-state index contributed by atoms with van der Waals surface area (Å²) in [5.41, 5.74) is 0.0490. The van der Waals surface area contributed by atoms with Gasteiger partial charge in [-0.3, -0.25) is 4.79 Å². The summed E-state index contributed by atoms with van der Waals surface area (Å²) in [6, 6.07) is 0. The zero-order valence-electron chi connectivity index (χ0n) is 6.23. The fraction of sp³-hybridized carbons (Fsp3) is 0.714. The molecule has 0 aromatic carbocycles. The smallest absolute Gasteiger partial charge is 0.306 e. The van der Waals surface area contributed by atoms with Gasteiger partial charge in [0.2, 0.25) is 0 Å². The first-order valence-electron chi connectivity index (χ1n) is 2.90. The van der Waals surface area contributed by atoms with Crippen molar-refractivity contribution in [3.63, 3.8) is 0 Å². The Bertz CT molecular complexity index is 100.0. The molecule has 0 atom stereocenters. The molecule has 0 saturated heterocycles. The van der Waals surface area contributed by atoms with Gasteiger partial charge in [-0.15, -0.1) is 0 Å². The maximum Gasteiger partial charge on any atom is 0.306 e. The molecule has 53 valence electrons. The highest BCUT2D eigenvalue weighted by atomic mass is 16.5. The van der Waals surface area contributed by atoms with Crippen molar-refractivity contribution >= 4 is 5.97 Å². The molecular weight excluding hydrogens is 116 g/mol. The highest BCUT2D eigenvalue weighted by molar-refractivity contribution is 5.73. The van der Waals surface area contributed by atoms with Crippen LogP contribution in [0.15, 0.2) is 0 Å². The zero-order valence-corrected chi connectivity index (χ0v) is 6.23. The molecule has 0 heterocycles. The molecule has 1 radical (unpaired) electrons. The molecule has 9 heavy (non-hydrogen) atoms. The van der Waals surface area contributed by atoms with Crippen molar-refractivity contribution in [3.8, 4) is 0 Å². The lowest BCUT2D eigenvalue weighted by atomic mass is 9.99. The minimum absolute atomic E-state index is 0.0490. The van der Waals surface area contributed by atoms with Gasteiger partial charge in [0.05, 0.1) is 13.5 Å². The number of rotatable bonds is 1. The predicted octanol–water partition coefficient (Wildman–Crippen LogP) is 1.41. The second kappa shape index (κ2) is 2.85. The van der Waals surface area contributed by atoms with Crippen molar-refractivity contribution in [1.82, 2.24) is 0 Å². The van der Waals surface area contributed by atoms with E-state index in [0.29, 0.717) is 6.61 Å². The Hall–Kier alpha value is -0.530. The molecule has 2 heteroatoms. The molecule has 0 aliphatic rings. The topological polar surface area (TPSA) is 26.3 Å². The standard InChI is InChI=1S/C7H13O2/c1-6(8)9-5-7(2,3)4/h1,5H2,2-4H3. The summed E-state index contributed by atoms with van der Waals surface area (Å²) in [4.78, 5) is 10.2. The summed E-state index contributed by atoms with van der Waals surface area (Å²) in [6.07, 6.45) is 0. The van der Waals surface area contributed by atoms with E-state index in [1.165, 1.54) is 0 Å². The van der Waals surface area contributed by atoms with Gasteiger partial charge in [-0.1, -0.05) is 20.8 Å². The SMILES string of the molecule is [CH2]C(=O)OCC(C)(C)C. The van der Waals surface area contributed by atoms with E-state index in [-0.39, 0.29) is 5.41 Å². The van der Waals surface area contributed by atoms with Crippen LogP contribution >= 0.6 is 0 Å². The summed E-state index contributed by atoms with van der Waals surface area (Å²) in [7, 11) is 0. The van der Waals surface area contributed by atoms with Crippen LogP contribution in [0.2, 0.25) is 0 Å². The number of carbonyl (C=O) groups is 1. The van der Waals surface area contributed by atoms with E-state index in [9.17, 15) is 4.79 Å². The van der Waals surface area contributed by atoms with Crippen molar-refractivity contribution in [3.05, 3.63) is 6.92 Å². The second-order valence-corrected chi connectivity index (χ2v) is 3.22. The Morgan fingerprint density at radius 3 is 2.11 bits per heavy atom. The van der Waals surface area contributed by atoms with E-state index < -0.39 is 5.97 Å². The lowest BCUT2D eigenvalue weighted by Gasteiger charge is -2.16. The van der Waals surface area contributed by atoms with Gasteiger partial charge in [-0.25, -0.2) is 0 Å². The molecule has 0 spiro atoms. The molecule has 2 nitrogen and oxygen atoms in total. The summed E-state index contributed by atoms with van der Waals surface area (Å²) < 4.78 is 4.66. The third-order valence-corrected chi connectivity index (χ3v) is 0.666. The second-order valence-electron chi connectivity index (χ2n) is 3.22. The minimum Gasteiger partial charge on any atom is -0.465 e. The highest BCUT2D eigenvalue weighted by Gasteiger charge is 2.10. The molecular formula is C7H13O2. The fourth-order valence-corrected chi connectivity index (χ4v) is 0.297. The number of hydrogen-bond acceptors (Lipinski definition) is 2. The van der Waals surface area contributed by atoms with Gasteiger partial charge in [0, 0.05) is 0 Å². The van der Waals surface area contributed by atoms with Crippen molar-refractivity contribution in [2.45, 2.75) is 20.8 Å². The Morgan fingerprint density at radius 1 is 1.56 bits per heavy atom. The molecule has 0 rings (SSSR count). The molecule has 0 aromatic rings. The van der Waals surface area contributed by atoms with Crippen LogP contribution in [0, 0.1) is 12.3 Å². The monoisotopic (exact) mass is 129 g/mol. The highest BCUT2D eigenvalue weighted by Crippen LogP contribution is 2.12. The van der Waals surface area contributed by atoms with Gasteiger partial charge in [0.1, 0.15) is 0 Å². The van der Waals surface area contributed by atoms with Crippen molar-refractivity contribution in [1.29, 1.82) is 0 Å². The first-order valence-corrected chi connectivity index (χ1v) is 2.90. The number of hydrogen-bond donors (Lipinski definition) is 0. The van der Waals surface area contributed by atoms with Crippen molar-refractivity contribution in [2.75, 3.05) is 6.61 Å². The van der Waals surface area contributed by atoms with E-state index >= 15 is 0 Å². The Kier molecular flexibility index (Phi) is 2.68. The van der Waals surface area contributed by atoms with E-state index in [4.69, 9.17) is 0 Å². The molecule has 0 amide bonds.